The molecule has 0 heterocycles. The van der Waals surface area contributed by atoms with Crippen molar-refractivity contribution in [3.05, 3.63) is 41.5 Å². The van der Waals surface area contributed by atoms with E-state index >= 15 is 0 Å². The third-order valence-electron chi connectivity index (χ3n) is 2.61. The summed E-state index contributed by atoms with van der Waals surface area (Å²) in [5.74, 6) is -1.04. The number of halogens is 2. The maximum absolute atomic E-state index is 13.5. The average Bonchev–Trinajstić information content (AvgIpc) is 2.33. The zero-order valence-electron chi connectivity index (χ0n) is 10.8. The maximum atomic E-state index is 13.5. The van der Waals surface area contributed by atoms with E-state index in [1.165, 1.54) is 18.2 Å². The highest BCUT2D eigenvalue weighted by Crippen LogP contribution is 2.21. The highest BCUT2D eigenvalue weighted by molar-refractivity contribution is 5.64. The van der Waals surface area contributed by atoms with Gasteiger partial charge in [-0.25, -0.2) is 8.78 Å². The summed E-state index contributed by atoms with van der Waals surface area (Å²) in [6.07, 6.45) is 2.56. The number of hydrogen-bond donors (Lipinski definition) is 1. The number of benzene rings is 1. The molecule has 100 valence electrons. The van der Waals surface area contributed by atoms with Crippen LogP contribution in [0.15, 0.2) is 24.3 Å². The lowest BCUT2D eigenvalue weighted by Gasteiger charge is -2.06. The predicted octanol–water partition coefficient (Wildman–Crippen LogP) is 2.99. The predicted molar refractivity (Wildman–Crippen MR) is 69.4 cm³/mol. The molecule has 0 aliphatic heterocycles. The van der Waals surface area contributed by atoms with Crippen molar-refractivity contribution in [2.24, 2.45) is 0 Å². The highest BCUT2D eigenvalue weighted by Gasteiger charge is 2.09. The monoisotopic (exact) mass is 255 g/mol. The van der Waals surface area contributed by atoms with Gasteiger partial charge in [0.25, 0.3) is 0 Å². The third-order valence-corrected chi connectivity index (χ3v) is 2.61. The van der Waals surface area contributed by atoms with Gasteiger partial charge in [-0.15, -0.1) is 0 Å². The van der Waals surface area contributed by atoms with Crippen LogP contribution < -0.4 is 5.32 Å². The SMILES string of the molecule is COCCNCCC=C(C)c1c(F)cccc1F. The Morgan fingerprint density at radius 1 is 1.28 bits per heavy atom. The molecule has 1 N–H and O–H groups in total. The van der Waals surface area contributed by atoms with E-state index in [9.17, 15) is 8.78 Å². The van der Waals surface area contributed by atoms with Crippen molar-refractivity contribution in [2.45, 2.75) is 13.3 Å². The highest BCUT2D eigenvalue weighted by atomic mass is 19.1. The van der Waals surface area contributed by atoms with Crippen LogP contribution in [-0.2, 0) is 4.74 Å². The van der Waals surface area contributed by atoms with Crippen molar-refractivity contribution in [1.29, 1.82) is 0 Å². The van der Waals surface area contributed by atoms with Crippen molar-refractivity contribution in [3.8, 4) is 0 Å². The summed E-state index contributed by atoms with van der Waals surface area (Å²) >= 11 is 0. The van der Waals surface area contributed by atoms with Crippen LogP contribution in [-0.4, -0.2) is 26.8 Å². The Morgan fingerprint density at radius 2 is 1.94 bits per heavy atom. The Morgan fingerprint density at radius 3 is 2.56 bits per heavy atom. The summed E-state index contributed by atoms with van der Waals surface area (Å²) < 4.78 is 31.8. The molecular formula is C14H19F2NO. The first kappa shape index (κ1) is 14.8. The zero-order valence-corrected chi connectivity index (χ0v) is 10.8. The smallest absolute Gasteiger partial charge is 0.133 e. The molecule has 0 saturated carbocycles. The van der Waals surface area contributed by atoms with E-state index in [1.54, 1.807) is 14.0 Å². The minimum atomic E-state index is -0.518. The Bertz CT molecular complexity index is 385. The van der Waals surface area contributed by atoms with E-state index in [0.717, 1.165) is 19.5 Å². The average molecular weight is 255 g/mol. The molecule has 0 unspecified atom stereocenters. The van der Waals surface area contributed by atoms with Gasteiger partial charge in [0.1, 0.15) is 11.6 Å². The van der Waals surface area contributed by atoms with Crippen LogP contribution in [0.1, 0.15) is 18.9 Å². The standard InChI is InChI=1S/C14H19F2NO/c1-11(5-4-8-17-9-10-18-2)14-12(15)6-3-7-13(14)16/h3,5-7,17H,4,8-10H2,1-2H3. The molecule has 1 aromatic carbocycles. The van der Waals surface area contributed by atoms with E-state index < -0.39 is 11.6 Å². The van der Waals surface area contributed by atoms with Gasteiger partial charge in [-0.05, 0) is 37.6 Å². The van der Waals surface area contributed by atoms with Crippen LogP contribution in [0.4, 0.5) is 8.78 Å². The van der Waals surface area contributed by atoms with E-state index in [4.69, 9.17) is 4.74 Å². The fourth-order valence-electron chi connectivity index (χ4n) is 1.67. The summed E-state index contributed by atoms with van der Waals surface area (Å²) in [7, 11) is 1.65. The fourth-order valence-corrected chi connectivity index (χ4v) is 1.67. The van der Waals surface area contributed by atoms with Crippen molar-refractivity contribution in [3.63, 3.8) is 0 Å². The van der Waals surface area contributed by atoms with Gasteiger partial charge in [0, 0.05) is 19.2 Å². The summed E-state index contributed by atoms with van der Waals surface area (Å²) in [6, 6.07) is 3.91. The second-order valence-electron chi connectivity index (χ2n) is 4.02. The summed E-state index contributed by atoms with van der Waals surface area (Å²) in [4.78, 5) is 0. The molecule has 0 amide bonds. The van der Waals surface area contributed by atoms with E-state index in [2.05, 4.69) is 5.32 Å². The van der Waals surface area contributed by atoms with Crippen LogP contribution in [0.5, 0.6) is 0 Å². The molecule has 0 radical (unpaired) electrons. The Labute approximate surface area is 107 Å². The summed E-state index contributed by atoms with van der Waals surface area (Å²) in [5, 5.41) is 3.17. The molecule has 18 heavy (non-hydrogen) atoms. The lowest BCUT2D eigenvalue weighted by atomic mass is 10.1. The molecule has 0 bridgehead atoms. The van der Waals surface area contributed by atoms with Crippen LogP contribution in [0.2, 0.25) is 0 Å². The van der Waals surface area contributed by atoms with E-state index in [-0.39, 0.29) is 5.56 Å². The van der Waals surface area contributed by atoms with Crippen molar-refractivity contribution >= 4 is 5.57 Å². The normalized spacial score (nSPS) is 11.9. The van der Waals surface area contributed by atoms with E-state index in [1.807, 2.05) is 6.08 Å². The minimum absolute atomic E-state index is 0.0643. The molecule has 0 spiro atoms. The van der Waals surface area contributed by atoms with Crippen LogP contribution in [0, 0.1) is 11.6 Å². The largest absolute Gasteiger partial charge is 0.383 e. The topological polar surface area (TPSA) is 21.3 Å². The van der Waals surface area contributed by atoms with Gasteiger partial charge >= 0.3 is 0 Å². The number of allylic oxidation sites excluding steroid dienone is 1. The molecule has 1 rings (SSSR count). The minimum Gasteiger partial charge on any atom is -0.383 e. The Balaban J connectivity index is 2.51. The second kappa shape index (κ2) is 7.95. The van der Waals surface area contributed by atoms with Gasteiger partial charge in [-0.1, -0.05) is 12.1 Å². The maximum Gasteiger partial charge on any atom is 0.133 e. The van der Waals surface area contributed by atoms with Gasteiger partial charge in [0.05, 0.1) is 6.61 Å². The number of hydrogen-bond acceptors (Lipinski definition) is 2. The Kier molecular flexibility index (Phi) is 6.54. The molecular weight excluding hydrogens is 236 g/mol. The van der Waals surface area contributed by atoms with Crippen LogP contribution in [0.3, 0.4) is 0 Å². The zero-order chi connectivity index (χ0) is 13.4. The lowest BCUT2D eigenvalue weighted by Crippen LogP contribution is -2.19. The molecule has 0 saturated heterocycles. The van der Waals surface area contributed by atoms with Crippen LogP contribution in [0.25, 0.3) is 5.57 Å². The first-order valence-electron chi connectivity index (χ1n) is 5.97. The number of nitrogens with one attached hydrogen (secondary N) is 1. The molecule has 0 aliphatic carbocycles. The molecule has 0 aromatic heterocycles. The number of ether oxygens (including phenoxy) is 1. The molecule has 2 nitrogen and oxygen atoms in total. The van der Waals surface area contributed by atoms with Gasteiger partial charge in [0.15, 0.2) is 0 Å². The number of rotatable bonds is 7. The van der Waals surface area contributed by atoms with Gasteiger partial charge in [-0.3, -0.25) is 0 Å². The second-order valence-corrected chi connectivity index (χ2v) is 4.02. The lowest BCUT2D eigenvalue weighted by molar-refractivity contribution is 0.199. The van der Waals surface area contributed by atoms with Crippen LogP contribution >= 0.6 is 0 Å². The van der Waals surface area contributed by atoms with Crippen molar-refractivity contribution in [1.82, 2.24) is 5.32 Å². The number of methoxy groups -OCH3 is 1. The quantitative estimate of drug-likeness (QED) is 0.756. The van der Waals surface area contributed by atoms with Crippen molar-refractivity contribution in [2.75, 3.05) is 26.8 Å². The van der Waals surface area contributed by atoms with E-state index in [0.29, 0.717) is 12.2 Å². The van der Waals surface area contributed by atoms with Gasteiger partial charge in [0.2, 0.25) is 0 Å². The first-order valence-corrected chi connectivity index (χ1v) is 5.97. The summed E-state index contributed by atoms with van der Waals surface area (Å²) in [6.45, 7) is 3.91. The molecule has 0 fully saturated rings. The molecule has 4 heteroatoms. The Hall–Kier alpha value is -1.26. The van der Waals surface area contributed by atoms with Gasteiger partial charge in [-0.2, -0.15) is 0 Å². The molecule has 0 atom stereocenters. The van der Waals surface area contributed by atoms with Crippen molar-refractivity contribution < 1.29 is 13.5 Å². The third kappa shape index (κ3) is 4.55. The fraction of sp³-hybridized carbons (Fsp3) is 0.429. The first-order chi connectivity index (χ1) is 8.66. The summed E-state index contributed by atoms with van der Waals surface area (Å²) in [5.41, 5.74) is 0.688. The molecule has 1 aromatic rings. The molecule has 0 aliphatic rings. The van der Waals surface area contributed by atoms with Gasteiger partial charge < -0.3 is 10.1 Å².